The molecule has 0 rings (SSSR count). The Balaban J connectivity index is 5.27. The Labute approximate surface area is 171 Å². The van der Waals surface area contributed by atoms with Crippen LogP contribution in [-0.4, -0.2) is 81.7 Å². The van der Waals surface area contributed by atoms with Crippen LogP contribution in [0.15, 0.2) is 0 Å². The van der Waals surface area contributed by atoms with Crippen molar-refractivity contribution in [1.29, 1.82) is 0 Å². The normalized spacial score (nSPS) is 14.7. The molecule has 10 N–H and O–H groups in total. The highest BCUT2D eigenvalue weighted by molar-refractivity contribution is 5.96. The summed E-state index contributed by atoms with van der Waals surface area (Å²) >= 11 is 0. The number of nitrogens with two attached hydrogens (primary N) is 2. The van der Waals surface area contributed by atoms with Crippen molar-refractivity contribution in [2.75, 3.05) is 6.61 Å². The number of primary amides is 1. The number of rotatable bonds is 13. The lowest BCUT2D eigenvalue weighted by atomic mass is 10.0. The lowest BCUT2D eigenvalue weighted by Gasteiger charge is -2.24. The fourth-order valence-corrected chi connectivity index (χ4v) is 2.21. The molecule has 4 atom stereocenters. The molecule has 4 amide bonds. The highest BCUT2D eigenvalue weighted by Crippen LogP contribution is 2.03. The van der Waals surface area contributed by atoms with Gasteiger partial charge in [0, 0.05) is 0 Å². The molecule has 0 saturated carbocycles. The number of aliphatic hydroxyl groups is 1. The largest absolute Gasteiger partial charge is 0.481 e. The third kappa shape index (κ3) is 9.29. The number of hydrogen-bond acceptors (Lipinski definition) is 8. The van der Waals surface area contributed by atoms with E-state index in [0.29, 0.717) is 0 Å². The Hall–Kier alpha value is -3.26. The van der Waals surface area contributed by atoms with Crippen LogP contribution in [-0.2, 0) is 28.8 Å². The molecule has 0 aliphatic rings. The fraction of sp³-hybridized carbons (Fsp3) is 0.625. The van der Waals surface area contributed by atoms with Crippen molar-refractivity contribution in [1.82, 2.24) is 16.0 Å². The van der Waals surface area contributed by atoms with Crippen molar-refractivity contribution < 1.29 is 44.1 Å². The van der Waals surface area contributed by atoms with E-state index in [2.05, 4.69) is 5.32 Å². The van der Waals surface area contributed by atoms with Crippen LogP contribution >= 0.6 is 0 Å². The van der Waals surface area contributed by atoms with Crippen molar-refractivity contribution in [3.8, 4) is 0 Å². The second kappa shape index (κ2) is 12.3. The van der Waals surface area contributed by atoms with Crippen molar-refractivity contribution in [2.24, 2.45) is 17.4 Å². The van der Waals surface area contributed by atoms with Gasteiger partial charge in [-0.3, -0.25) is 24.0 Å². The molecular formula is C16H27N5O9. The number of carbonyl (C=O) groups excluding carboxylic acids is 4. The molecule has 0 saturated heterocycles. The second-order valence-corrected chi connectivity index (χ2v) is 6.75. The van der Waals surface area contributed by atoms with Crippen LogP contribution in [0.4, 0.5) is 0 Å². The SMILES string of the molecule is CC(C)C(NC(=O)C(CO)NC(=O)C(CC(=O)O)NC(=O)C(N)CC(N)=O)C(=O)O. The second-order valence-electron chi connectivity index (χ2n) is 6.75. The number of amides is 4. The van der Waals surface area contributed by atoms with Crippen LogP contribution in [0.5, 0.6) is 0 Å². The van der Waals surface area contributed by atoms with Gasteiger partial charge < -0.3 is 42.7 Å². The standard InChI is InChI=1S/C16H27N5O9/c1-6(2)12(16(29)30)21-15(28)9(5-22)20-14(27)8(4-11(24)25)19-13(26)7(17)3-10(18)23/h6-9,12,22H,3-5,17H2,1-2H3,(H2,18,23)(H,19,26)(H,20,27)(H,21,28)(H,24,25)(H,29,30). The average molecular weight is 433 g/mol. The molecule has 0 aromatic carbocycles. The minimum absolute atomic E-state index is 0.507. The molecule has 0 heterocycles. The number of carboxylic acid groups (broad SMARTS) is 2. The van der Waals surface area contributed by atoms with E-state index in [9.17, 15) is 33.9 Å². The molecule has 0 aromatic heterocycles. The van der Waals surface area contributed by atoms with Gasteiger partial charge in [0.2, 0.25) is 23.6 Å². The minimum Gasteiger partial charge on any atom is -0.481 e. The third-order valence-corrected chi connectivity index (χ3v) is 3.82. The zero-order chi connectivity index (χ0) is 23.6. The van der Waals surface area contributed by atoms with E-state index in [0.717, 1.165) is 0 Å². The van der Waals surface area contributed by atoms with Gasteiger partial charge in [0.15, 0.2) is 0 Å². The van der Waals surface area contributed by atoms with Gasteiger partial charge in [-0.2, -0.15) is 0 Å². The Bertz CT molecular complexity index is 682. The van der Waals surface area contributed by atoms with Gasteiger partial charge in [-0.05, 0) is 5.92 Å². The summed E-state index contributed by atoms with van der Waals surface area (Å²) in [4.78, 5) is 69.5. The van der Waals surface area contributed by atoms with Gasteiger partial charge in [0.1, 0.15) is 18.1 Å². The molecule has 0 fully saturated rings. The topological polar surface area (TPSA) is 251 Å². The van der Waals surface area contributed by atoms with Gasteiger partial charge in [-0.15, -0.1) is 0 Å². The zero-order valence-electron chi connectivity index (χ0n) is 16.5. The Morgan fingerprint density at radius 2 is 1.33 bits per heavy atom. The van der Waals surface area contributed by atoms with Crippen molar-refractivity contribution in [3.63, 3.8) is 0 Å². The first-order valence-corrected chi connectivity index (χ1v) is 8.80. The van der Waals surface area contributed by atoms with E-state index in [1.54, 1.807) is 0 Å². The van der Waals surface area contributed by atoms with Crippen LogP contribution in [0, 0.1) is 5.92 Å². The van der Waals surface area contributed by atoms with Gasteiger partial charge in [0.25, 0.3) is 0 Å². The summed E-state index contributed by atoms with van der Waals surface area (Å²) in [5.74, 6) is -7.43. The lowest BCUT2D eigenvalue weighted by molar-refractivity contribution is -0.144. The van der Waals surface area contributed by atoms with Crippen LogP contribution in [0.1, 0.15) is 26.7 Å². The zero-order valence-corrected chi connectivity index (χ0v) is 16.5. The van der Waals surface area contributed by atoms with Crippen LogP contribution in [0.2, 0.25) is 0 Å². The average Bonchev–Trinajstić information content (AvgIpc) is 2.61. The molecule has 170 valence electrons. The van der Waals surface area contributed by atoms with Gasteiger partial charge in [-0.25, -0.2) is 4.79 Å². The van der Waals surface area contributed by atoms with E-state index in [1.165, 1.54) is 13.8 Å². The number of carboxylic acids is 2. The summed E-state index contributed by atoms with van der Waals surface area (Å²) in [5.41, 5.74) is 10.3. The predicted octanol–water partition coefficient (Wildman–Crippen LogP) is -4.15. The fourth-order valence-electron chi connectivity index (χ4n) is 2.21. The number of hydrogen-bond donors (Lipinski definition) is 8. The molecule has 4 unspecified atom stereocenters. The lowest BCUT2D eigenvalue weighted by Crippen LogP contribution is -2.59. The molecule has 0 spiro atoms. The molecule has 0 bridgehead atoms. The molecule has 0 aliphatic carbocycles. The number of aliphatic hydroxyl groups excluding tert-OH is 1. The summed E-state index contributed by atoms with van der Waals surface area (Å²) < 4.78 is 0. The van der Waals surface area contributed by atoms with E-state index in [1.807, 2.05) is 10.6 Å². The summed E-state index contributed by atoms with van der Waals surface area (Å²) in [5, 5.41) is 33.6. The number of carbonyl (C=O) groups is 6. The summed E-state index contributed by atoms with van der Waals surface area (Å²) in [7, 11) is 0. The van der Waals surface area contributed by atoms with Gasteiger partial charge in [0.05, 0.1) is 25.5 Å². The molecule has 0 aliphatic heterocycles. The minimum atomic E-state index is -1.70. The summed E-state index contributed by atoms with van der Waals surface area (Å²) in [6.45, 7) is 2.12. The summed E-state index contributed by atoms with van der Waals surface area (Å²) in [6, 6.07) is -6.06. The van der Waals surface area contributed by atoms with E-state index in [4.69, 9.17) is 21.7 Å². The highest BCUT2D eigenvalue weighted by atomic mass is 16.4. The molecule has 0 aromatic rings. The predicted molar refractivity (Wildman–Crippen MR) is 99.4 cm³/mol. The number of nitrogens with one attached hydrogen (secondary N) is 3. The molecule has 14 nitrogen and oxygen atoms in total. The monoisotopic (exact) mass is 433 g/mol. The number of aliphatic carboxylic acids is 2. The van der Waals surface area contributed by atoms with Crippen molar-refractivity contribution in [3.05, 3.63) is 0 Å². The maximum Gasteiger partial charge on any atom is 0.326 e. The molecular weight excluding hydrogens is 406 g/mol. The summed E-state index contributed by atoms with van der Waals surface area (Å²) in [6.07, 6.45) is -1.45. The Morgan fingerprint density at radius 1 is 0.833 bits per heavy atom. The van der Waals surface area contributed by atoms with E-state index in [-0.39, 0.29) is 0 Å². The molecule has 30 heavy (non-hydrogen) atoms. The van der Waals surface area contributed by atoms with Crippen molar-refractivity contribution in [2.45, 2.75) is 50.9 Å². The maximum absolute atomic E-state index is 12.4. The van der Waals surface area contributed by atoms with Crippen molar-refractivity contribution >= 4 is 35.6 Å². The van der Waals surface area contributed by atoms with Crippen LogP contribution in [0.3, 0.4) is 0 Å². The first-order chi connectivity index (χ1) is 13.8. The third-order valence-electron chi connectivity index (χ3n) is 3.82. The van der Waals surface area contributed by atoms with Gasteiger partial charge in [-0.1, -0.05) is 13.8 Å². The molecule has 14 heteroatoms. The first kappa shape index (κ1) is 26.7. The Morgan fingerprint density at radius 3 is 1.73 bits per heavy atom. The maximum atomic E-state index is 12.4. The first-order valence-electron chi connectivity index (χ1n) is 8.80. The van der Waals surface area contributed by atoms with Crippen LogP contribution in [0.25, 0.3) is 0 Å². The van der Waals surface area contributed by atoms with Gasteiger partial charge >= 0.3 is 11.9 Å². The molecule has 0 radical (unpaired) electrons. The highest BCUT2D eigenvalue weighted by Gasteiger charge is 2.32. The van der Waals surface area contributed by atoms with Crippen LogP contribution < -0.4 is 27.4 Å². The Kier molecular flexibility index (Phi) is 11.0. The van der Waals surface area contributed by atoms with E-state index >= 15 is 0 Å². The van der Waals surface area contributed by atoms with E-state index < -0.39 is 85.1 Å². The smallest absolute Gasteiger partial charge is 0.326 e. The quantitative estimate of drug-likeness (QED) is 0.139.